The summed E-state index contributed by atoms with van der Waals surface area (Å²) in [5, 5.41) is 3.38. The standard InChI is InChI=1S/C12H21N5/c1-16(2)11-8-12(15-9-14-11)17(3)10-4-6-13-7-5-10/h8-10,13H,4-7H2,1-3H3. The highest BCUT2D eigenvalue weighted by Crippen LogP contribution is 2.20. The highest BCUT2D eigenvalue weighted by molar-refractivity contribution is 5.49. The Hall–Kier alpha value is -1.36. The smallest absolute Gasteiger partial charge is 0.134 e. The van der Waals surface area contributed by atoms with Crippen molar-refractivity contribution in [3.8, 4) is 0 Å². The van der Waals surface area contributed by atoms with Crippen LogP contribution in [-0.2, 0) is 0 Å². The maximum absolute atomic E-state index is 4.36. The third-order valence-electron chi connectivity index (χ3n) is 3.31. The van der Waals surface area contributed by atoms with E-state index < -0.39 is 0 Å². The van der Waals surface area contributed by atoms with Gasteiger partial charge in [-0.25, -0.2) is 9.97 Å². The summed E-state index contributed by atoms with van der Waals surface area (Å²) in [5.74, 6) is 1.96. The molecule has 1 aromatic heterocycles. The van der Waals surface area contributed by atoms with Crippen molar-refractivity contribution in [2.24, 2.45) is 0 Å². The average Bonchev–Trinajstić information content (AvgIpc) is 2.39. The van der Waals surface area contributed by atoms with Crippen molar-refractivity contribution in [1.82, 2.24) is 15.3 Å². The lowest BCUT2D eigenvalue weighted by atomic mass is 10.1. The highest BCUT2D eigenvalue weighted by atomic mass is 15.2. The lowest BCUT2D eigenvalue weighted by Crippen LogP contribution is -2.41. The molecule has 1 fully saturated rings. The van der Waals surface area contributed by atoms with E-state index in [1.807, 2.05) is 25.1 Å². The molecular formula is C12H21N5. The van der Waals surface area contributed by atoms with E-state index in [0.717, 1.165) is 24.7 Å². The van der Waals surface area contributed by atoms with Crippen molar-refractivity contribution in [2.45, 2.75) is 18.9 Å². The normalized spacial score (nSPS) is 16.9. The zero-order valence-corrected chi connectivity index (χ0v) is 10.8. The second kappa shape index (κ2) is 5.31. The monoisotopic (exact) mass is 235 g/mol. The van der Waals surface area contributed by atoms with Crippen LogP contribution in [0, 0.1) is 0 Å². The first-order chi connectivity index (χ1) is 8.18. The Morgan fingerprint density at radius 2 is 1.76 bits per heavy atom. The van der Waals surface area contributed by atoms with Gasteiger partial charge >= 0.3 is 0 Å². The number of nitrogens with zero attached hydrogens (tertiary/aromatic N) is 4. The van der Waals surface area contributed by atoms with Crippen LogP contribution < -0.4 is 15.1 Å². The minimum Gasteiger partial charge on any atom is -0.363 e. The van der Waals surface area contributed by atoms with Gasteiger partial charge in [0.15, 0.2) is 0 Å². The summed E-state index contributed by atoms with van der Waals surface area (Å²) in [7, 11) is 6.12. The van der Waals surface area contributed by atoms with Crippen LogP contribution in [0.1, 0.15) is 12.8 Å². The van der Waals surface area contributed by atoms with Crippen LogP contribution in [0.5, 0.6) is 0 Å². The molecule has 5 heteroatoms. The van der Waals surface area contributed by atoms with Crippen LogP contribution in [0.4, 0.5) is 11.6 Å². The summed E-state index contributed by atoms with van der Waals surface area (Å²) in [6.07, 6.45) is 4.00. The molecule has 0 bridgehead atoms. The number of rotatable bonds is 3. The van der Waals surface area contributed by atoms with Gasteiger partial charge in [-0.05, 0) is 25.9 Å². The Kier molecular flexibility index (Phi) is 3.78. The van der Waals surface area contributed by atoms with Crippen molar-refractivity contribution in [1.29, 1.82) is 0 Å². The Morgan fingerprint density at radius 1 is 1.12 bits per heavy atom. The molecule has 5 nitrogen and oxygen atoms in total. The molecule has 0 saturated carbocycles. The number of aromatic nitrogens is 2. The van der Waals surface area contributed by atoms with Crippen LogP contribution in [0.25, 0.3) is 0 Å². The summed E-state index contributed by atoms with van der Waals surface area (Å²) < 4.78 is 0. The van der Waals surface area contributed by atoms with E-state index in [-0.39, 0.29) is 0 Å². The second-order valence-corrected chi connectivity index (χ2v) is 4.72. The Morgan fingerprint density at radius 3 is 2.41 bits per heavy atom. The quantitative estimate of drug-likeness (QED) is 0.837. The molecule has 0 amide bonds. The van der Waals surface area contributed by atoms with Crippen molar-refractivity contribution < 1.29 is 0 Å². The molecule has 0 atom stereocenters. The highest BCUT2D eigenvalue weighted by Gasteiger charge is 2.19. The maximum atomic E-state index is 4.36. The third kappa shape index (κ3) is 2.85. The van der Waals surface area contributed by atoms with Gasteiger partial charge < -0.3 is 15.1 Å². The van der Waals surface area contributed by atoms with Crippen LogP contribution in [0.15, 0.2) is 12.4 Å². The minimum atomic E-state index is 0.584. The number of hydrogen-bond acceptors (Lipinski definition) is 5. The number of nitrogens with one attached hydrogen (secondary N) is 1. The molecule has 0 unspecified atom stereocenters. The SMILES string of the molecule is CN(C)c1cc(N(C)C2CCNCC2)ncn1. The molecule has 0 aromatic carbocycles. The van der Waals surface area contributed by atoms with Gasteiger partial charge in [-0.3, -0.25) is 0 Å². The van der Waals surface area contributed by atoms with E-state index in [1.165, 1.54) is 12.8 Å². The maximum Gasteiger partial charge on any atom is 0.134 e. The van der Waals surface area contributed by atoms with Crippen LogP contribution in [-0.4, -0.2) is 50.2 Å². The number of anilines is 2. The Bertz CT molecular complexity index is 360. The summed E-state index contributed by atoms with van der Waals surface area (Å²) in [5.41, 5.74) is 0. The fourth-order valence-electron chi connectivity index (χ4n) is 2.16. The zero-order chi connectivity index (χ0) is 12.3. The van der Waals surface area contributed by atoms with Crippen molar-refractivity contribution in [3.63, 3.8) is 0 Å². The first-order valence-electron chi connectivity index (χ1n) is 6.11. The Balaban J connectivity index is 2.12. The second-order valence-electron chi connectivity index (χ2n) is 4.72. The van der Waals surface area contributed by atoms with Gasteiger partial charge in [0.25, 0.3) is 0 Å². The van der Waals surface area contributed by atoms with Gasteiger partial charge in [-0.2, -0.15) is 0 Å². The molecule has 94 valence electrons. The van der Waals surface area contributed by atoms with E-state index in [1.54, 1.807) is 6.33 Å². The van der Waals surface area contributed by atoms with E-state index in [4.69, 9.17) is 0 Å². The first-order valence-corrected chi connectivity index (χ1v) is 6.11. The van der Waals surface area contributed by atoms with E-state index >= 15 is 0 Å². The number of hydrogen-bond donors (Lipinski definition) is 1. The summed E-state index contributed by atoms with van der Waals surface area (Å²) in [4.78, 5) is 12.9. The van der Waals surface area contributed by atoms with Crippen LogP contribution in [0.3, 0.4) is 0 Å². The number of piperidine rings is 1. The average molecular weight is 235 g/mol. The van der Waals surface area contributed by atoms with E-state index in [0.29, 0.717) is 6.04 Å². The zero-order valence-electron chi connectivity index (χ0n) is 10.8. The van der Waals surface area contributed by atoms with Gasteiger partial charge in [-0.15, -0.1) is 0 Å². The fourth-order valence-corrected chi connectivity index (χ4v) is 2.16. The van der Waals surface area contributed by atoms with Crippen molar-refractivity contribution >= 4 is 11.6 Å². The summed E-state index contributed by atoms with van der Waals surface area (Å²) in [6, 6.07) is 2.63. The molecule has 17 heavy (non-hydrogen) atoms. The Labute approximate surface area is 103 Å². The molecule has 1 aliphatic rings. The van der Waals surface area contributed by atoms with E-state index in [9.17, 15) is 0 Å². The topological polar surface area (TPSA) is 44.3 Å². The fraction of sp³-hybridized carbons (Fsp3) is 0.667. The molecule has 0 radical (unpaired) electrons. The molecule has 2 rings (SSSR count). The molecule has 1 aliphatic heterocycles. The summed E-state index contributed by atoms with van der Waals surface area (Å²) in [6.45, 7) is 2.20. The first kappa shape index (κ1) is 12.1. The molecule has 0 aliphatic carbocycles. The minimum absolute atomic E-state index is 0.584. The van der Waals surface area contributed by atoms with Crippen LogP contribution in [0.2, 0.25) is 0 Å². The molecule has 2 heterocycles. The van der Waals surface area contributed by atoms with Gasteiger partial charge in [0, 0.05) is 33.3 Å². The van der Waals surface area contributed by atoms with Gasteiger partial charge in [0.05, 0.1) is 0 Å². The van der Waals surface area contributed by atoms with Gasteiger partial charge in [0.1, 0.15) is 18.0 Å². The molecular weight excluding hydrogens is 214 g/mol. The lowest BCUT2D eigenvalue weighted by Gasteiger charge is -2.32. The molecule has 1 saturated heterocycles. The van der Waals surface area contributed by atoms with Crippen molar-refractivity contribution in [2.75, 3.05) is 44.0 Å². The van der Waals surface area contributed by atoms with Gasteiger partial charge in [-0.1, -0.05) is 0 Å². The van der Waals surface area contributed by atoms with Gasteiger partial charge in [0.2, 0.25) is 0 Å². The lowest BCUT2D eigenvalue weighted by molar-refractivity contribution is 0.441. The summed E-state index contributed by atoms with van der Waals surface area (Å²) >= 11 is 0. The van der Waals surface area contributed by atoms with Crippen molar-refractivity contribution in [3.05, 3.63) is 12.4 Å². The molecule has 1 aromatic rings. The third-order valence-corrected chi connectivity index (χ3v) is 3.31. The van der Waals surface area contributed by atoms with E-state index in [2.05, 4.69) is 27.2 Å². The largest absolute Gasteiger partial charge is 0.363 e. The molecule has 1 N–H and O–H groups in total. The predicted molar refractivity (Wildman–Crippen MR) is 70.7 cm³/mol. The predicted octanol–water partition coefficient (Wildman–Crippen LogP) is 0.731. The molecule has 0 spiro atoms. The van der Waals surface area contributed by atoms with Crippen LogP contribution >= 0.6 is 0 Å².